The van der Waals surface area contributed by atoms with Crippen molar-refractivity contribution in [3.8, 4) is 0 Å². The average Bonchev–Trinajstić information content (AvgIpc) is 2.73. The van der Waals surface area contributed by atoms with Crippen molar-refractivity contribution in [3.05, 3.63) is 35.6 Å². The molecule has 1 amide bonds. The van der Waals surface area contributed by atoms with Gasteiger partial charge in [0.15, 0.2) is 0 Å². The highest BCUT2D eigenvalue weighted by molar-refractivity contribution is 5.82. The number of carbonyl (C=O) groups excluding carboxylic acids is 1. The average molecular weight is 278 g/mol. The van der Waals surface area contributed by atoms with E-state index in [0.29, 0.717) is 13.1 Å². The fraction of sp³-hybridized carbons (Fsp3) is 0.562. The van der Waals surface area contributed by atoms with Gasteiger partial charge in [-0.15, -0.1) is 0 Å². The molecule has 0 bridgehead atoms. The predicted molar refractivity (Wildman–Crippen MR) is 77.4 cm³/mol. The molecule has 0 heterocycles. The lowest BCUT2D eigenvalue weighted by molar-refractivity contribution is -0.131. The van der Waals surface area contributed by atoms with E-state index in [1.54, 1.807) is 12.1 Å². The lowest BCUT2D eigenvalue weighted by Gasteiger charge is -2.29. The molecule has 1 aliphatic carbocycles. The smallest absolute Gasteiger partial charge is 0.227 e. The van der Waals surface area contributed by atoms with Gasteiger partial charge in [0.05, 0.1) is 5.41 Å². The summed E-state index contributed by atoms with van der Waals surface area (Å²) in [6.45, 7) is 0.836. The van der Waals surface area contributed by atoms with E-state index in [-0.39, 0.29) is 11.7 Å². The van der Waals surface area contributed by atoms with Crippen molar-refractivity contribution in [2.45, 2.75) is 45.1 Å². The highest BCUT2D eigenvalue weighted by atomic mass is 19.1. The SMILES string of the molecule is NCC1(C(=O)NCc2ccc(F)cc2)CCCCCC1. The summed E-state index contributed by atoms with van der Waals surface area (Å²) in [7, 11) is 0. The van der Waals surface area contributed by atoms with Crippen LogP contribution in [0.3, 0.4) is 0 Å². The summed E-state index contributed by atoms with van der Waals surface area (Å²) in [6, 6.07) is 6.20. The quantitative estimate of drug-likeness (QED) is 0.832. The third-order valence-corrected chi connectivity index (χ3v) is 4.30. The molecule has 4 heteroatoms. The first-order chi connectivity index (χ1) is 9.66. The molecule has 1 saturated carbocycles. The second-order valence-electron chi connectivity index (χ2n) is 5.71. The lowest BCUT2D eigenvalue weighted by atomic mass is 9.79. The van der Waals surface area contributed by atoms with Crippen LogP contribution >= 0.6 is 0 Å². The van der Waals surface area contributed by atoms with Crippen LogP contribution < -0.4 is 11.1 Å². The molecule has 0 aliphatic heterocycles. The molecule has 3 N–H and O–H groups in total. The number of nitrogens with two attached hydrogens (primary N) is 1. The first kappa shape index (κ1) is 15.0. The molecule has 2 rings (SSSR count). The van der Waals surface area contributed by atoms with Crippen LogP contribution in [0.5, 0.6) is 0 Å². The van der Waals surface area contributed by atoms with Crippen LogP contribution in [0.4, 0.5) is 4.39 Å². The van der Waals surface area contributed by atoms with Crippen LogP contribution in [0.15, 0.2) is 24.3 Å². The van der Waals surface area contributed by atoms with E-state index < -0.39 is 5.41 Å². The largest absolute Gasteiger partial charge is 0.352 e. The molecule has 0 radical (unpaired) electrons. The fourth-order valence-corrected chi connectivity index (χ4v) is 2.90. The maximum absolute atomic E-state index is 12.8. The first-order valence-electron chi connectivity index (χ1n) is 7.39. The maximum atomic E-state index is 12.8. The number of halogens is 1. The molecule has 0 saturated heterocycles. The summed E-state index contributed by atoms with van der Waals surface area (Å²) < 4.78 is 12.8. The number of amides is 1. The van der Waals surface area contributed by atoms with Gasteiger partial charge in [0.1, 0.15) is 5.82 Å². The van der Waals surface area contributed by atoms with Gasteiger partial charge in [-0.2, -0.15) is 0 Å². The maximum Gasteiger partial charge on any atom is 0.227 e. The van der Waals surface area contributed by atoms with Crippen LogP contribution in [-0.4, -0.2) is 12.5 Å². The molecule has 0 unspecified atom stereocenters. The number of hydrogen-bond acceptors (Lipinski definition) is 2. The Morgan fingerprint density at radius 1 is 1.15 bits per heavy atom. The van der Waals surface area contributed by atoms with Gasteiger partial charge < -0.3 is 11.1 Å². The second kappa shape index (κ2) is 6.84. The van der Waals surface area contributed by atoms with Crippen LogP contribution in [0.25, 0.3) is 0 Å². The monoisotopic (exact) mass is 278 g/mol. The molecular weight excluding hydrogens is 255 g/mol. The van der Waals surface area contributed by atoms with Gasteiger partial charge in [-0.3, -0.25) is 4.79 Å². The van der Waals surface area contributed by atoms with Crippen LogP contribution in [0, 0.1) is 11.2 Å². The first-order valence-corrected chi connectivity index (χ1v) is 7.39. The molecule has 1 fully saturated rings. The zero-order chi connectivity index (χ0) is 14.4. The minimum Gasteiger partial charge on any atom is -0.352 e. The minimum absolute atomic E-state index is 0.0474. The van der Waals surface area contributed by atoms with Crippen LogP contribution in [0.2, 0.25) is 0 Å². The summed E-state index contributed by atoms with van der Waals surface area (Å²) in [5.41, 5.74) is 6.38. The Balaban J connectivity index is 1.96. The molecule has 1 aromatic carbocycles. The van der Waals surface area contributed by atoms with E-state index in [0.717, 1.165) is 31.2 Å². The third-order valence-electron chi connectivity index (χ3n) is 4.30. The molecule has 110 valence electrons. The van der Waals surface area contributed by atoms with Gasteiger partial charge in [-0.05, 0) is 30.5 Å². The van der Waals surface area contributed by atoms with E-state index >= 15 is 0 Å². The highest BCUT2D eigenvalue weighted by Crippen LogP contribution is 2.34. The summed E-state index contributed by atoms with van der Waals surface area (Å²) in [4.78, 5) is 12.5. The van der Waals surface area contributed by atoms with Gasteiger partial charge in [0.2, 0.25) is 5.91 Å². The Hall–Kier alpha value is -1.42. The van der Waals surface area contributed by atoms with E-state index in [1.807, 2.05) is 0 Å². The summed E-state index contributed by atoms with van der Waals surface area (Å²) in [5.74, 6) is -0.214. The van der Waals surface area contributed by atoms with Gasteiger partial charge in [-0.25, -0.2) is 4.39 Å². The number of rotatable bonds is 4. The highest BCUT2D eigenvalue weighted by Gasteiger charge is 2.36. The molecule has 0 spiro atoms. The minimum atomic E-state index is -0.406. The summed E-state index contributed by atoms with van der Waals surface area (Å²) in [5, 5.41) is 2.97. The zero-order valence-corrected chi connectivity index (χ0v) is 11.8. The molecule has 0 atom stereocenters. The lowest BCUT2D eigenvalue weighted by Crippen LogP contribution is -2.45. The van der Waals surface area contributed by atoms with Crippen LogP contribution in [-0.2, 0) is 11.3 Å². The van der Waals surface area contributed by atoms with Crippen molar-refractivity contribution >= 4 is 5.91 Å². The second-order valence-corrected chi connectivity index (χ2v) is 5.71. The molecule has 1 aliphatic rings. The molecular formula is C16H23FN2O. The van der Waals surface area contributed by atoms with Gasteiger partial charge in [-0.1, -0.05) is 37.8 Å². The van der Waals surface area contributed by atoms with Crippen molar-refractivity contribution in [3.63, 3.8) is 0 Å². The normalized spacial score (nSPS) is 18.3. The Bertz CT molecular complexity index is 436. The number of nitrogens with one attached hydrogen (secondary N) is 1. The number of hydrogen-bond donors (Lipinski definition) is 2. The third kappa shape index (κ3) is 3.57. The molecule has 1 aromatic rings. The summed E-state index contributed by atoms with van der Waals surface area (Å²) in [6.07, 6.45) is 6.26. The van der Waals surface area contributed by atoms with E-state index in [9.17, 15) is 9.18 Å². The topological polar surface area (TPSA) is 55.1 Å². The fourth-order valence-electron chi connectivity index (χ4n) is 2.90. The Kier molecular flexibility index (Phi) is 5.12. The molecule has 20 heavy (non-hydrogen) atoms. The van der Waals surface area contributed by atoms with Crippen molar-refractivity contribution in [2.24, 2.45) is 11.1 Å². The van der Waals surface area contributed by atoms with E-state index in [4.69, 9.17) is 5.73 Å². The van der Waals surface area contributed by atoms with Crippen molar-refractivity contribution < 1.29 is 9.18 Å². The van der Waals surface area contributed by atoms with Crippen molar-refractivity contribution in [1.29, 1.82) is 0 Å². The van der Waals surface area contributed by atoms with E-state index in [2.05, 4.69) is 5.32 Å². The molecule has 3 nitrogen and oxygen atoms in total. The summed E-state index contributed by atoms with van der Waals surface area (Å²) >= 11 is 0. The number of benzene rings is 1. The van der Waals surface area contributed by atoms with Gasteiger partial charge in [0, 0.05) is 13.1 Å². The zero-order valence-electron chi connectivity index (χ0n) is 11.8. The van der Waals surface area contributed by atoms with Crippen molar-refractivity contribution in [1.82, 2.24) is 5.32 Å². The van der Waals surface area contributed by atoms with Crippen molar-refractivity contribution in [2.75, 3.05) is 6.54 Å². The standard InChI is InChI=1S/C16H23FN2O/c17-14-7-5-13(6-8-14)11-19-15(20)16(12-18)9-3-1-2-4-10-16/h5-8H,1-4,9-12,18H2,(H,19,20). The van der Waals surface area contributed by atoms with Gasteiger partial charge >= 0.3 is 0 Å². The van der Waals surface area contributed by atoms with E-state index in [1.165, 1.54) is 25.0 Å². The van der Waals surface area contributed by atoms with Crippen LogP contribution in [0.1, 0.15) is 44.1 Å². The number of carbonyl (C=O) groups is 1. The molecule has 0 aromatic heterocycles. The Labute approximate surface area is 119 Å². The van der Waals surface area contributed by atoms with Gasteiger partial charge in [0.25, 0.3) is 0 Å². The Morgan fingerprint density at radius 3 is 2.30 bits per heavy atom. The predicted octanol–water partition coefficient (Wildman–Crippen LogP) is 2.74. The Morgan fingerprint density at radius 2 is 1.75 bits per heavy atom.